The van der Waals surface area contributed by atoms with E-state index in [4.69, 9.17) is 19.6 Å². The predicted octanol–water partition coefficient (Wildman–Crippen LogP) is 1.20. The van der Waals surface area contributed by atoms with E-state index in [0.717, 1.165) is 6.42 Å². The highest BCUT2D eigenvalue weighted by Crippen LogP contribution is 2.69. The van der Waals surface area contributed by atoms with E-state index in [2.05, 4.69) is 0 Å². The Bertz CT molecular complexity index is 307. The lowest BCUT2D eigenvalue weighted by molar-refractivity contribution is 0.120. The van der Waals surface area contributed by atoms with Crippen molar-refractivity contribution in [2.24, 2.45) is 5.92 Å². The van der Waals surface area contributed by atoms with Crippen LogP contribution < -0.4 is 0 Å². The van der Waals surface area contributed by atoms with Crippen LogP contribution >= 0.6 is 15.2 Å². The van der Waals surface area contributed by atoms with Crippen molar-refractivity contribution in [2.45, 2.75) is 44.6 Å². The highest BCUT2D eigenvalue weighted by molar-refractivity contribution is 7.72. The van der Waals surface area contributed by atoms with Crippen molar-refractivity contribution >= 4 is 15.2 Å². The van der Waals surface area contributed by atoms with Crippen LogP contribution in [0.15, 0.2) is 0 Å². The minimum absolute atomic E-state index is 0.144. The zero-order chi connectivity index (χ0) is 13.9. The van der Waals surface area contributed by atoms with Gasteiger partial charge in [0.2, 0.25) is 0 Å². The van der Waals surface area contributed by atoms with E-state index in [1.165, 1.54) is 0 Å². The number of hydrogen-bond donors (Lipinski definition) is 5. The molecule has 0 spiro atoms. The van der Waals surface area contributed by atoms with Gasteiger partial charge in [0.1, 0.15) is 0 Å². The van der Waals surface area contributed by atoms with Crippen molar-refractivity contribution in [2.75, 3.05) is 0 Å². The maximum absolute atomic E-state index is 11.0. The summed E-state index contributed by atoms with van der Waals surface area (Å²) >= 11 is 0. The smallest absolute Gasteiger partial charge is 0.368 e. The van der Waals surface area contributed by atoms with Gasteiger partial charge in [-0.2, -0.15) is 0 Å². The molecule has 0 radical (unpaired) electrons. The molecule has 0 atom stereocenters. The first-order valence-corrected chi connectivity index (χ1v) is 8.48. The van der Waals surface area contributed by atoms with Crippen molar-refractivity contribution in [1.29, 1.82) is 0 Å². The molecule has 0 aromatic rings. The SMILES string of the molecule is CC(C)CCCCC(O)(P(=O)(O)O)P(=O)(O)O. The van der Waals surface area contributed by atoms with Gasteiger partial charge in [-0.1, -0.05) is 26.7 Å². The molecule has 17 heavy (non-hydrogen) atoms. The molecule has 0 bridgehead atoms. The first-order chi connectivity index (χ1) is 7.42. The molecule has 0 saturated carbocycles. The van der Waals surface area contributed by atoms with E-state index in [9.17, 15) is 14.2 Å². The van der Waals surface area contributed by atoms with Gasteiger partial charge < -0.3 is 24.7 Å². The standard InChI is InChI=1S/C8H20O7P2/c1-7(2)5-3-4-6-8(9,16(10,11)12)17(13,14)15/h7,9H,3-6H2,1-2H3,(H2,10,11,12)(H2,13,14,15). The average Bonchev–Trinajstić information content (AvgIpc) is 2.07. The minimum Gasteiger partial charge on any atom is -0.368 e. The normalized spacial score (nSPS) is 14.4. The molecule has 0 aliphatic carbocycles. The Balaban J connectivity index is 4.66. The lowest BCUT2D eigenvalue weighted by atomic mass is 10.1. The first-order valence-electron chi connectivity index (χ1n) is 5.25. The molecule has 0 aliphatic heterocycles. The van der Waals surface area contributed by atoms with Crippen molar-refractivity contribution in [3.8, 4) is 0 Å². The second-order valence-electron chi connectivity index (χ2n) is 4.50. The van der Waals surface area contributed by atoms with E-state index < -0.39 is 26.7 Å². The Morgan fingerprint density at radius 2 is 1.41 bits per heavy atom. The largest absolute Gasteiger partial charge is 0.369 e. The molecule has 7 nitrogen and oxygen atoms in total. The molecule has 0 aliphatic rings. The average molecular weight is 290 g/mol. The van der Waals surface area contributed by atoms with Crippen LogP contribution in [-0.4, -0.2) is 29.8 Å². The summed E-state index contributed by atoms with van der Waals surface area (Å²) in [4.78, 5) is 35.4. The first kappa shape index (κ1) is 17.3. The molecule has 0 heterocycles. The summed E-state index contributed by atoms with van der Waals surface area (Å²) in [5.74, 6) is 0.383. The molecule has 0 rings (SSSR count). The number of aliphatic hydroxyl groups is 1. The van der Waals surface area contributed by atoms with Crippen LogP contribution in [0.25, 0.3) is 0 Å². The second kappa shape index (κ2) is 5.93. The van der Waals surface area contributed by atoms with E-state index in [1.807, 2.05) is 13.8 Å². The minimum atomic E-state index is -5.28. The van der Waals surface area contributed by atoms with Gasteiger partial charge in [-0.25, -0.2) is 0 Å². The van der Waals surface area contributed by atoms with Gasteiger partial charge in [0, 0.05) is 0 Å². The van der Waals surface area contributed by atoms with Crippen LogP contribution in [0.2, 0.25) is 0 Å². The van der Waals surface area contributed by atoms with Gasteiger partial charge in [-0.3, -0.25) is 9.13 Å². The summed E-state index contributed by atoms with van der Waals surface area (Å²) in [6.07, 6.45) is 0.831. The Morgan fingerprint density at radius 1 is 1.00 bits per heavy atom. The fourth-order valence-corrected chi connectivity index (χ4v) is 3.63. The van der Waals surface area contributed by atoms with Crippen LogP contribution in [0.4, 0.5) is 0 Å². The van der Waals surface area contributed by atoms with Crippen LogP contribution in [0.5, 0.6) is 0 Å². The van der Waals surface area contributed by atoms with Crippen LogP contribution in [0.1, 0.15) is 39.5 Å². The van der Waals surface area contributed by atoms with Crippen LogP contribution in [-0.2, 0) is 9.13 Å². The van der Waals surface area contributed by atoms with Gasteiger partial charge in [0.25, 0.3) is 5.08 Å². The fraction of sp³-hybridized carbons (Fsp3) is 1.00. The Labute approximate surface area is 100 Å². The summed E-state index contributed by atoms with van der Waals surface area (Å²) < 4.78 is 22.0. The highest BCUT2D eigenvalue weighted by Gasteiger charge is 2.58. The lowest BCUT2D eigenvalue weighted by Gasteiger charge is -2.29. The molecule has 0 fully saturated rings. The highest BCUT2D eigenvalue weighted by atomic mass is 31.2. The van der Waals surface area contributed by atoms with Gasteiger partial charge in [-0.15, -0.1) is 0 Å². The molecular formula is C8H20O7P2. The quantitative estimate of drug-likeness (QED) is 0.351. The Morgan fingerprint density at radius 3 is 1.71 bits per heavy atom. The molecule has 0 aromatic heterocycles. The van der Waals surface area contributed by atoms with E-state index in [1.54, 1.807) is 0 Å². The zero-order valence-electron chi connectivity index (χ0n) is 9.85. The molecule has 9 heteroatoms. The topological polar surface area (TPSA) is 135 Å². The monoisotopic (exact) mass is 290 g/mol. The Kier molecular flexibility index (Phi) is 6.02. The summed E-state index contributed by atoms with van der Waals surface area (Å²) in [6, 6.07) is 0. The number of hydrogen-bond acceptors (Lipinski definition) is 3. The second-order valence-corrected chi connectivity index (χ2v) is 8.51. The number of unbranched alkanes of at least 4 members (excludes halogenated alkanes) is 1. The molecule has 0 unspecified atom stereocenters. The molecule has 0 aromatic carbocycles. The van der Waals surface area contributed by atoms with E-state index >= 15 is 0 Å². The molecule has 0 amide bonds. The third kappa shape index (κ3) is 4.79. The molecule has 0 saturated heterocycles. The van der Waals surface area contributed by atoms with Gasteiger partial charge >= 0.3 is 15.2 Å². The summed E-state index contributed by atoms with van der Waals surface area (Å²) in [6.45, 7) is 3.91. The van der Waals surface area contributed by atoms with Crippen molar-refractivity contribution in [3.05, 3.63) is 0 Å². The predicted molar refractivity (Wildman–Crippen MR) is 62.3 cm³/mol. The van der Waals surface area contributed by atoms with Gasteiger partial charge in [0.15, 0.2) is 0 Å². The van der Waals surface area contributed by atoms with Crippen molar-refractivity contribution in [1.82, 2.24) is 0 Å². The molecule has 104 valence electrons. The molecule has 5 N–H and O–H groups in total. The molecular weight excluding hydrogens is 270 g/mol. The van der Waals surface area contributed by atoms with Crippen molar-refractivity contribution < 1.29 is 33.8 Å². The fourth-order valence-electron chi connectivity index (χ4n) is 1.38. The zero-order valence-corrected chi connectivity index (χ0v) is 11.6. The van der Waals surface area contributed by atoms with E-state index in [-0.39, 0.29) is 6.42 Å². The van der Waals surface area contributed by atoms with Crippen molar-refractivity contribution in [3.63, 3.8) is 0 Å². The van der Waals surface area contributed by atoms with Gasteiger partial charge in [-0.05, 0) is 18.8 Å². The maximum atomic E-state index is 11.0. The lowest BCUT2D eigenvalue weighted by Crippen LogP contribution is -2.28. The third-order valence-corrected chi connectivity index (χ3v) is 6.35. The summed E-state index contributed by atoms with van der Waals surface area (Å²) in [5.41, 5.74) is 0. The third-order valence-electron chi connectivity index (χ3n) is 2.48. The van der Waals surface area contributed by atoms with Crippen LogP contribution in [0, 0.1) is 5.92 Å². The maximum Gasteiger partial charge on any atom is 0.369 e. The summed E-state index contributed by atoms with van der Waals surface area (Å²) in [7, 11) is -10.6. The Hall–Kier alpha value is 0.260. The van der Waals surface area contributed by atoms with Gasteiger partial charge in [0.05, 0.1) is 0 Å². The number of rotatable bonds is 7. The summed E-state index contributed by atoms with van der Waals surface area (Å²) in [5, 5.41) is 6.27. The van der Waals surface area contributed by atoms with E-state index in [0.29, 0.717) is 12.3 Å². The van der Waals surface area contributed by atoms with Crippen LogP contribution in [0.3, 0.4) is 0 Å².